The zero-order chi connectivity index (χ0) is 14.2. The second-order valence-electron chi connectivity index (χ2n) is 4.27. The molecular weight excluding hydrogens is 274 g/mol. The van der Waals surface area contributed by atoms with Gasteiger partial charge in [-0.2, -0.15) is 0 Å². The molecular formula is C15H16ClN3O. The lowest BCUT2D eigenvalue weighted by atomic mass is 10.1. The Hall–Kier alpha value is -2.07. The van der Waals surface area contributed by atoms with Crippen LogP contribution in [0.15, 0.2) is 48.7 Å². The highest BCUT2D eigenvalue weighted by atomic mass is 35.5. The summed E-state index contributed by atoms with van der Waals surface area (Å²) in [6.45, 7) is 0.955. The van der Waals surface area contributed by atoms with E-state index in [9.17, 15) is 4.79 Å². The predicted molar refractivity (Wildman–Crippen MR) is 79.6 cm³/mol. The molecule has 5 heteroatoms. The van der Waals surface area contributed by atoms with E-state index in [1.165, 1.54) is 0 Å². The topological polar surface area (TPSA) is 54.0 Å². The maximum Gasteiger partial charge on any atom is 0.315 e. The van der Waals surface area contributed by atoms with E-state index in [1.807, 2.05) is 42.5 Å². The SMILES string of the molecule is O=C(NCCc1ccccc1Cl)NCc1ccccn1. The van der Waals surface area contributed by atoms with Crippen LogP contribution in [-0.2, 0) is 13.0 Å². The van der Waals surface area contributed by atoms with Gasteiger partial charge in [0.15, 0.2) is 0 Å². The van der Waals surface area contributed by atoms with Gasteiger partial charge in [0, 0.05) is 17.8 Å². The van der Waals surface area contributed by atoms with Gasteiger partial charge in [-0.25, -0.2) is 4.79 Å². The number of hydrogen-bond donors (Lipinski definition) is 2. The van der Waals surface area contributed by atoms with Gasteiger partial charge in [-0.05, 0) is 30.2 Å². The first-order valence-electron chi connectivity index (χ1n) is 6.41. The van der Waals surface area contributed by atoms with Crippen molar-refractivity contribution in [2.24, 2.45) is 0 Å². The number of carbonyl (C=O) groups is 1. The number of pyridine rings is 1. The van der Waals surface area contributed by atoms with Crippen molar-refractivity contribution < 1.29 is 4.79 Å². The summed E-state index contributed by atoms with van der Waals surface area (Å²) in [5.41, 5.74) is 1.85. The van der Waals surface area contributed by atoms with Crippen molar-refractivity contribution in [1.82, 2.24) is 15.6 Å². The molecule has 0 atom stereocenters. The van der Waals surface area contributed by atoms with Crippen LogP contribution in [0.2, 0.25) is 5.02 Å². The minimum atomic E-state index is -0.206. The van der Waals surface area contributed by atoms with Crippen LogP contribution >= 0.6 is 11.6 Å². The third-order valence-corrected chi connectivity index (χ3v) is 3.16. The molecule has 0 aliphatic carbocycles. The number of halogens is 1. The molecule has 2 amide bonds. The standard InChI is InChI=1S/C15H16ClN3O/c16-14-7-2-1-5-12(14)8-10-18-15(20)19-11-13-6-3-4-9-17-13/h1-7,9H,8,10-11H2,(H2,18,19,20). The molecule has 1 aromatic carbocycles. The summed E-state index contributed by atoms with van der Waals surface area (Å²) in [5.74, 6) is 0. The molecule has 0 aliphatic rings. The number of benzene rings is 1. The van der Waals surface area contributed by atoms with Crippen molar-refractivity contribution in [2.45, 2.75) is 13.0 Å². The molecule has 0 saturated carbocycles. The van der Waals surface area contributed by atoms with Crippen molar-refractivity contribution in [3.8, 4) is 0 Å². The van der Waals surface area contributed by atoms with Crippen LogP contribution in [0.25, 0.3) is 0 Å². The van der Waals surface area contributed by atoms with Crippen molar-refractivity contribution in [1.29, 1.82) is 0 Å². The van der Waals surface area contributed by atoms with Crippen LogP contribution in [-0.4, -0.2) is 17.6 Å². The number of hydrogen-bond acceptors (Lipinski definition) is 2. The molecule has 0 radical (unpaired) electrons. The first-order chi connectivity index (χ1) is 9.75. The molecule has 0 aliphatic heterocycles. The fourth-order valence-electron chi connectivity index (χ4n) is 1.75. The minimum absolute atomic E-state index is 0.206. The normalized spacial score (nSPS) is 10.1. The fraction of sp³-hybridized carbons (Fsp3) is 0.200. The van der Waals surface area contributed by atoms with E-state index >= 15 is 0 Å². The fourth-order valence-corrected chi connectivity index (χ4v) is 1.98. The highest BCUT2D eigenvalue weighted by Gasteiger charge is 2.02. The maximum atomic E-state index is 11.6. The van der Waals surface area contributed by atoms with Gasteiger partial charge in [-0.15, -0.1) is 0 Å². The van der Waals surface area contributed by atoms with E-state index < -0.39 is 0 Å². The molecule has 1 heterocycles. The van der Waals surface area contributed by atoms with Gasteiger partial charge in [0.05, 0.1) is 12.2 Å². The smallest absolute Gasteiger partial charge is 0.315 e. The molecule has 20 heavy (non-hydrogen) atoms. The monoisotopic (exact) mass is 289 g/mol. The van der Waals surface area contributed by atoms with Crippen molar-refractivity contribution >= 4 is 17.6 Å². The quantitative estimate of drug-likeness (QED) is 0.889. The summed E-state index contributed by atoms with van der Waals surface area (Å²) in [5, 5.41) is 6.27. The van der Waals surface area contributed by atoms with Crippen molar-refractivity contribution in [3.05, 3.63) is 64.9 Å². The molecule has 2 aromatic rings. The lowest BCUT2D eigenvalue weighted by Gasteiger charge is -2.08. The number of nitrogens with zero attached hydrogens (tertiary/aromatic N) is 1. The van der Waals surface area contributed by atoms with E-state index in [-0.39, 0.29) is 6.03 Å². The van der Waals surface area contributed by atoms with E-state index in [4.69, 9.17) is 11.6 Å². The maximum absolute atomic E-state index is 11.6. The van der Waals surface area contributed by atoms with Crippen LogP contribution in [0.1, 0.15) is 11.3 Å². The molecule has 0 saturated heterocycles. The van der Waals surface area contributed by atoms with Crippen LogP contribution in [0, 0.1) is 0 Å². The average molecular weight is 290 g/mol. The molecule has 1 aromatic heterocycles. The van der Waals surface area contributed by atoms with Gasteiger partial charge in [-0.1, -0.05) is 35.9 Å². The summed E-state index contributed by atoms with van der Waals surface area (Å²) >= 11 is 6.04. The lowest BCUT2D eigenvalue weighted by Crippen LogP contribution is -2.36. The number of urea groups is 1. The Balaban J connectivity index is 1.69. The molecule has 2 N–H and O–H groups in total. The lowest BCUT2D eigenvalue weighted by molar-refractivity contribution is 0.240. The number of rotatable bonds is 5. The number of nitrogens with one attached hydrogen (secondary N) is 2. The van der Waals surface area contributed by atoms with E-state index in [0.717, 1.165) is 16.3 Å². The minimum Gasteiger partial charge on any atom is -0.338 e. The zero-order valence-electron chi connectivity index (χ0n) is 11.0. The number of aromatic nitrogens is 1. The molecule has 4 nitrogen and oxygen atoms in total. The predicted octanol–water partition coefficient (Wildman–Crippen LogP) is 2.78. The van der Waals surface area contributed by atoms with Crippen LogP contribution in [0.4, 0.5) is 4.79 Å². The van der Waals surface area contributed by atoms with Crippen LogP contribution in [0.3, 0.4) is 0 Å². The van der Waals surface area contributed by atoms with Crippen LogP contribution < -0.4 is 10.6 Å². The van der Waals surface area contributed by atoms with Gasteiger partial charge < -0.3 is 10.6 Å². The molecule has 2 rings (SSSR count). The first kappa shape index (κ1) is 14.3. The number of carbonyl (C=O) groups excluding carboxylic acids is 1. The Morgan fingerprint density at radius 2 is 1.90 bits per heavy atom. The van der Waals surface area contributed by atoms with E-state index in [0.29, 0.717) is 19.5 Å². The molecule has 0 unspecified atom stereocenters. The Bertz CT molecular complexity index is 560. The van der Waals surface area contributed by atoms with Gasteiger partial charge in [-0.3, -0.25) is 4.98 Å². The first-order valence-corrected chi connectivity index (χ1v) is 6.78. The van der Waals surface area contributed by atoms with Crippen molar-refractivity contribution in [3.63, 3.8) is 0 Å². The van der Waals surface area contributed by atoms with E-state index in [1.54, 1.807) is 6.20 Å². The van der Waals surface area contributed by atoms with Crippen molar-refractivity contribution in [2.75, 3.05) is 6.54 Å². The Labute approximate surface area is 123 Å². The van der Waals surface area contributed by atoms with Gasteiger partial charge in [0.25, 0.3) is 0 Å². The molecule has 0 bridgehead atoms. The second-order valence-corrected chi connectivity index (χ2v) is 4.68. The van der Waals surface area contributed by atoms with E-state index in [2.05, 4.69) is 15.6 Å². The summed E-state index contributed by atoms with van der Waals surface area (Å²) in [4.78, 5) is 15.7. The highest BCUT2D eigenvalue weighted by Crippen LogP contribution is 2.14. The molecule has 104 valence electrons. The summed E-state index contributed by atoms with van der Waals surface area (Å²) in [6.07, 6.45) is 2.41. The summed E-state index contributed by atoms with van der Waals surface area (Å²) in [6, 6.07) is 13.0. The zero-order valence-corrected chi connectivity index (χ0v) is 11.7. The summed E-state index contributed by atoms with van der Waals surface area (Å²) < 4.78 is 0. The third kappa shape index (κ3) is 4.55. The van der Waals surface area contributed by atoms with Gasteiger partial charge in [0.1, 0.15) is 0 Å². The largest absolute Gasteiger partial charge is 0.338 e. The highest BCUT2D eigenvalue weighted by molar-refractivity contribution is 6.31. The van der Waals surface area contributed by atoms with Gasteiger partial charge in [0.2, 0.25) is 0 Å². The number of amides is 2. The Kier molecular flexibility index (Phi) is 5.38. The third-order valence-electron chi connectivity index (χ3n) is 2.79. The van der Waals surface area contributed by atoms with Crippen LogP contribution in [0.5, 0.6) is 0 Å². The average Bonchev–Trinajstić information content (AvgIpc) is 2.48. The Morgan fingerprint density at radius 3 is 2.65 bits per heavy atom. The summed E-state index contributed by atoms with van der Waals surface area (Å²) in [7, 11) is 0. The van der Waals surface area contributed by atoms with Gasteiger partial charge >= 0.3 is 6.03 Å². The second kappa shape index (κ2) is 7.50. The Morgan fingerprint density at radius 1 is 1.10 bits per heavy atom. The molecule has 0 spiro atoms. The molecule has 0 fully saturated rings.